The van der Waals surface area contributed by atoms with E-state index in [0.29, 0.717) is 58.4 Å². The molecular weight excluding hydrogens is 422 g/mol. The molecule has 2 rings (SSSR count). The van der Waals surface area contributed by atoms with Crippen LogP contribution in [0.15, 0.2) is 18.3 Å². The van der Waals surface area contributed by atoms with Gasteiger partial charge in [0.1, 0.15) is 11.3 Å². The molecule has 1 aromatic rings. The van der Waals surface area contributed by atoms with Crippen LogP contribution in [0.25, 0.3) is 0 Å². The molecule has 3 amide bonds. The predicted molar refractivity (Wildman–Crippen MR) is 111 cm³/mol. The zero-order chi connectivity index (χ0) is 23.4. The molecule has 0 unspecified atom stereocenters. The minimum atomic E-state index is -0.520. The number of ether oxygens (including phenoxy) is 4. The van der Waals surface area contributed by atoms with Crippen LogP contribution in [0, 0.1) is 0 Å². The van der Waals surface area contributed by atoms with Crippen molar-refractivity contribution in [3.63, 3.8) is 0 Å². The number of amides is 3. The Labute approximate surface area is 186 Å². The lowest BCUT2D eigenvalue weighted by Crippen LogP contribution is -2.34. The van der Waals surface area contributed by atoms with Crippen molar-refractivity contribution in [3.05, 3.63) is 24.0 Å². The van der Waals surface area contributed by atoms with Crippen LogP contribution in [0.2, 0.25) is 0 Å². The van der Waals surface area contributed by atoms with Crippen LogP contribution in [0.5, 0.6) is 0 Å². The molecule has 178 valence electrons. The molecule has 12 heteroatoms. The van der Waals surface area contributed by atoms with E-state index >= 15 is 0 Å². The molecule has 1 N–H and O–H groups in total. The van der Waals surface area contributed by atoms with Crippen LogP contribution in [-0.4, -0.2) is 89.6 Å². The van der Waals surface area contributed by atoms with Crippen LogP contribution in [0.3, 0.4) is 0 Å². The fourth-order valence-corrected chi connectivity index (χ4v) is 2.51. The SMILES string of the molecule is CC(C)(C)OC(=O)NCCOCCOCCOCCn1cc(CN2C(=O)C=CC2=O)nn1. The number of hydrogen-bond donors (Lipinski definition) is 1. The number of nitrogens with one attached hydrogen (secondary N) is 1. The number of hydrogen-bond acceptors (Lipinski definition) is 9. The van der Waals surface area contributed by atoms with E-state index < -0.39 is 11.7 Å². The topological polar surface area (TPSA) is 134 Å². The van der Waals surface area contributed by atoms with Crippen molar-refractivity contribution in [2.45, 2.75) is 39.5 Å². The third-order valence-corrected chi connectivity index (χ3v) is 3.93. The molecule has 32 heavy (non-hydrogen) atoms. The number of rotatable bonds is 14. The standard InChI is InChI=1S/C20H31N5O7/c1-20(2,3)32-19(28)21-6-8-29-10-12-31-13-11-30-9-7-24-14-16(22-23-24)15-25-17(26)4-5-18(25)27/h4-5,14H,6-13,15H2,1-3H3,(H,21,28). The molecule has 0 radical (unpaired) electrons. The van der Waals surface area contributed by atoms with Crippen molar-refractivity contribution in [2.24, 2.45) is 0 Å². The van der Waals surface area contributed by atoms with Gasteiger partial charge in [0, 0.05) is 18.7 Å². The summed E-state index contributed by atoms with van der Waals surface area (Å²) in [6, 6.07) is 0. The summed E-state index contributed by atoms with van der Waals surface area (Å²) in [5, 5.41) is 10.5. The van der Waals surface area contributed by atoms with Gasteiger partial charge < -0.3 is 24.3 Å². The van der Waals surface area contributed by atoms with Crippen LogP contribution in [0.1, 0.15) is 26.5 Å². The molecule has 1 aliphatic rings. The first-order chi connectivity index (χ1) is 15.2. The summed E-state index contributed by atoms with van der Waals surface area (Å²) in [6.07, 6.45) is 3.68. The van der Waals surface area contributed by atoms with Gasteiger partial charge in [0.15, 0.2) is 0 Å². The second kappa shape index (κ2) is 12.9. The monoisotopic (exact) mass is 453 g/mol. The highest BCUT2D eigenvalue weighted by atomic mass is 16.6. The third-order valence-electron chi connectivity index (χ3n) is 3.93. The molecule has 0 bridgehead atoms. The molecule has 1 aromatic heterocycles. The van der Waals surface area contributed by atoms with Crippen molar-refractivity contribution in [2.75, 3.05) is 46.2 Å². The second-order valence-electron chi connectivity index (χ2n) is 7.83. The molecule has 1 aliphatic heterocycles. The molecule has 0 aromatic carbocycles. The van der Waals surface area contributed by atoms with Crippen molar-refractivity contribution < 1.29 is 33.3 Å². The Balaban J connectivity index is 1.41. The molecule has 0 fully saturated rings. The Bertz CT molecular complexity index is 770. The quantitative estimate of drug-likeness (QED) is 0.311. The lowest BCUT2D eigenvalue weighted by atomic mass is 10.2. The maximum Gasteiger partial charge on any atom is 0.407 e. The highest BCUT2D eigenvalue weighted by Gasteiger charge is 2.24. The smallest absolute Gasteiger partial charge is 0.407 e. The summed E-state index contributed by atoms with van der Waals surface area (Å²) in [5.74, 6) is -0.702. The highest BCUT2D eigenvalue weighted by molar-refractivity contribution is 6.12. The van der Waals surface area contributed by atoms with Gasteiger partial charge in [-0.3, -0.25) is 14.5 Å². The summed E-state index contributed by atoms with van der Waals surface area (Å²) < 4.78 is 22.9. The number of alkyl carbamates (subject to hydrolysis) is 1. The van der Waals surface area contributed by atoms with E-state index in [1.165, 1.54) is 12.2 Å². The van der Waals surface area contributed by atoms with Crippen molar-refractivity contribution in [1.29, 1.82) is 0 Å². The summed E-state index contributed by atoms with van der Waals surface area (Å²) >= 11 is 0. The van der Waals surface area contributed by atoms with Crippen molar-refractivity contribution in [1.82, 2.24) is 25.2 Å². The fraction of sp³-hybridized carbons (Fsp3) is 0.650. The highest BCUT2D eigenvalue weighted by Crippen LogP contribution is 2.08. The first-order valence-electron chi connectivity index (χ1n) is 10.4. The number of carbonyl (C=O) groups excluding carboxylic acids is 3. The Morgan fingerprint density at radius 2 is 1.56 bits per heavy atom. The van der Waals surface area contributed by atoms with E-state index in [1.807, 2.05) is 0 Å². The Morgan fingerprint density at radius 1 is 0.969 bits per heavy atom. The lowest BCUT2D eigenvalue weighted by molar-refractivity contribution is -0.137. The van der Waals surface area contributed by atoms with Crippen LogP contribution in [0.4, 0.5) is 4.79 Å². The Morgan fingerprint density at radius 3 is 2.19 bits per heavy atom. The first-order valence-corrected chi connectivity index (χ1v) is 10.4. The molecule has 0 saturated heterocycles. The number of aromatic nitrogens is 3. The van der Waals surface area contributed by atoms with Gasteiger partial charge in [0.25, 0.3) is 11.8 Å². The second-order valence-corrected chi connectivity index (χ2v) is 7.83. The molecular formula is C20H31N5O7. The molecule has 0 atom stereocenters. The van der Waals surface area contributed by atoms with Gasteiger partial charge in [0.05, 0.1) is 58.9 Å². The zero-order valence-corrected chi connectivity index (χ0v) is 18.7. The molecule has 12 nitrogen and oxygen atoms in total. The molecule has 2 heterocycles. The average Bonchev–Trinajstić information content (AvgIpc) is 3.29. The summed E-state index contributed by atoms with van der Waals surface area (Å²) in [6.45, 7) is 8.82. The number of carbonyl (C=O) groups is 3. The van der Waals surface area contributed by atoms with Gasteiger partial charge in [-0.15, -0.1) is 5.10 Å². The van der Waals surface area contributed by atoms with Crippen LogP contribution >= 0.6 is 0 Å². The zero-order valence-electron chi connectivity index (χ0n) is 18.7. The van der Waals surface area contributed by atoms with Crippen molar-refractivity contribution in [3.8, 4) is 0 Å². The van der Waals surface area contributed by atoms with Crippen LogP contribution < -0.4 is 5.32 Å². The van der Waals surface area contributed by atoms with Gasteiger partial charge in [0.2, 0.25) is 0 Å². The van der Waals surface area contributed by atoms with Gasteiger partial charge in [-0.05, 0) is 20.8 Å². The maximum atomic E-state index is 11.6. The number of nitrogens with zero attached hydrogens (tertiary/aromatic N) is 4. The summed E-state index contributed by atoms with van der Waals surface area (Å²) in [5.41, 5.74) is 0.00757. The van der Waals surface area contributed by atoms with Gasteiger partial charge in [-0.25, -0.2) is 9.48 Å². The van der Waals surface area contributed by atoms with Crippen LogP contribution in [-0.2, 0) is 41.6 Å². The largest absolute Gasteiger partial charge is 0.444 e. The van der Waals surface area contributed by atoms with E-state index in [2.05, 4.69) is 15.6 Å². The average molecular weight is 453 g/mol. The van der Waals surface area contributed by atoms with E-state index in [4.69, 9.17) is 18.9 Å². The Kier molecular flexibility index (Phi) is 10.2. The van der Waals surface area contributed by atoms with E-state index in [-0.39, 0.29) is 18.4 Å². The minimum absolute atomic E-state index is 0.0957. The molecule has 0 saturated carbocycles. The van der Waals surface area contributed by atoms with Crippen molar-refractivity contribution >= 4 is 17.9 Å². The fourth-order valence-electron chi connectivity index (χ4n) is 2.51. The van der Waals surface area contributed by atoms with E-state index in [1.54, 1.807) is 31.6 Å². The van der Waals surface area contributed by atoms with E-state index in [9.17, 15) is 14.4 Å². The Hall–Kier alpha value is -2.83. The summed E-state index contributed by atoms with van der Waals surface area (Å²) in [4.78, 5) is 35.6. The van der Waals surface area contributed by atoms with Gasteiger partial charge in [-0.2, -0.15) is 0 Å². The lowest BCUT2D eigenvalue weighted by Gasteiger charge is -2.19. The molecule has 0 aliphatic carbocycles. The normalized spacial score (nSPS) is 13.8. The van der Waals surface area contributed by atoms with Gasteiger partial charge in [-0.1, -0.05) is 5.21 Å². The first kappa shape index (κ1) is 25.4. The number of imide groups is 1. The third kappa shape index (κ3) is 9.98. The minimum Gasteiger partial charge on any atom is -0.444 e. The molecule has 0 spiro atoms. The maximum absolute atomic E-state index is 11.6. The predicted octanol–water partition coefficient (Wildman–Crippen LogP) is 0.278. The van der Waals surface area contributed by atoms with E-state index in [0.717, 1.165) is 4.90 Å². The summed E-state index contributed by atoms with van der Waals surface area (Å²) in [7, 11) is 0. The van der Waals surface area contributed by atoms with Gasteiger partial charge >= 0.3 is 6.09 Å².